The number of Topliss-reactive ketones (excluding diaryl/α,β-unsaturated/α-hetero) is 1. The molecule has 0 bridgehead atoms. The smallest absolute Gasteiger partial charge is 0.167 e. The first-order valence-electron chi connectivity index (χ1n) is 6.59. The van der Waals surface area contributed by atoms with E-state index in [1.54, 1.807) is 24.3 Å². The Kier molecular flexibility index (Phi) is 3.84. The van der Waals surface area contributed by atoms with Crippen LogP contribution in [0.5, 0.6) is 0 Å². The highest BCUT2D eigenvalue weighted by atomic mass is 79.9. The van der Waals surface area contributed by atoms with Gasteiger partial charge in [-0.05, 0) is 40.6 Å². The minimum atomic E-state index is -0.337. The molecule has 0 heterocycles. The maximum absolute atomic E-state index is 13.6. The summed E-state index contributed by atoms with van der Waals surface area (Å²) in [5, 5.41) is 2.06. The summed E-state index contributed by atoms with van der Waals surface area (Å²) in [6.45, 7) is 0. The third-order valence-electron chi connectivity index (χ3n) is 3.43. The van der Waals surface area contributed by atoms with E-state index in [1.807, 2.05) is 30.3 Å². The molecule has 0 aromatic heterocycles. The Morgan fingerprint density at radius 3 is 2.48 bits per heavy atom. The average Bonchev–Trinajstić information content (AvgIpc) is 2.49. The van der Waals surface area contributed by atoms with Gasteiger partial charge in [0.15, 0.2) is 5.78 Å². The monoisotopic (exact) mass is 342 g/mol. The lowest BCUT2D eigenvalue weighted by Crippen LogP contribution is -2.05. The second-order valence-corrected chi connectivity index (χ2v) is 5.81. The summed E-state index contributed by atoms with van der Waals surface area (Å²) in [4.78, 5) is 12.3. The molecule has 0 atom stereocenters. The van der Waals surface area contributed by atoms with Gasteiger partial charge in [0.05, 0.1) is 0 Å². The molecule has 0 unspecified atom stereocenters. The lowest BCUT2D eigenvalue weighted by atomic mass is 10.00. The zero-order valence-corrected chi connectivity index (χ0v) is 12.7. The van der Waals surface area contributed by atoms with Crippen molar-refractivity contribution in [1.29, 1.82) is 0 Å². The molecule has 0 aliphatic rings. The Balaban J connectivity index is 1.91. The van der Waals surface area contributed by atoms with Gasteiger partial charge in [0.1, 0.15) is 5.82 Å². The number of ketones is 1. The van der Waals surface area contributed by atoms with Gasteiger partial charge >= 0.3 is 0 Å². The maximum atomic E-state index is 13.6. The second kappa shape index (κ2) is 5.78. The SMILES string of the molecule is O=C(Cc1ccccc1F)c1ccc2cc(Br)ccc2c1. The number of fused-ring (bicyclic) bond motifs is 1. The molecule has 0 radical (unpaired) electrons. The van der Waals surface area contributed by atoms with Crippen molar-refractivity contribution >= 4 is 32.5 Å². The molecule has 0 saturated heterocycles. The highest BCUT2D eigenvalue weighted by molar-refractivity contribution is 9.10. The molecule has 1 nitrogen and oxygen atoms in total. The highest BCUT2D eigenvalue weighted by Crippen LogP contribution is 2.22. The molecular formula is C18H12BrFO. The van der Waals surface area contributed by atoms with E-state index in [9.17, 15) is 9.18 Å². The van der Waals surface area contributed by atoms with E-state index in [2.05, 4.69) is 15.9 Å². The van der Waals surface area contributed by atoms with E-state index in [0.29, 0.717) is 11.1 Å². The van der Waals surface area contributed by atoms with Crippen molar-refractivity contribution in [3.05, 3.63) is 82.1 Å². The normalized spacial score (nSPS) is 10.8. The van der Waals surface area contributed by atoms with Gasteiger partial charge in [0, 0.05) is 16.5 Å². The van der Waals surface area contributed by atoms with E-state index in [0.717, 1.165) is 15.2 Å². The third-order valence-corrected chi connectivity index (χ3v) is 3.93. The fraction of sp³-hybridized carbons (Fsp3) is 0.0556. The molecule has 0 amide bonds. The van der Waals surface area contributed by atoms with Gasteiger partial charge in [-0.2, -0.15) is 0 Å². The minimum absolute atomic E-state index is 0.0781. The zero-order chi connectivity index (χ0) is 14.8. The van der Waals surface area contributed by atoms with E-state index in [4.69, 9.17) is 0 Å². The van der Waals surface area contributed by atoms with Crippen LogP contribution in [-0.4, -0.2) is 5.78 Å². The van der Waals surface area contributed by atoms with Crippen LogP contribution in [0.2, 0.25) is 0 Å². The standard InChI is InChI=1S/C18H12BrFO/c19-16-8-7-12-9-15(6-5-13(12)10-16)18(21)11-14-3-1-2-4-17(14)20/h1-10H,11H2. The minimum Gasteiger partial charge on any atom is -0.294 e. The number of rotatable bonds is 3. The van der Waals surface area contributed by atoms with Gasteiger partial charge in [-0.25, -0.2) is 4.39 Å². The van der Waals surface area contributed by atoms with E-state index >= 15 is 0 Å². The van der Waals surface area contributed by atoms with Crippen LogP contribution in [-0.2, 0) is 6.42 Å². The number of halogens is 2. The Hall–Kier alpha value is -2.00. The lowest BCUT2D eigenvalue weighted by molar-refractivity contribution is 0.0992. The summed E-state index contributed by atoms with van der Waals surface area (Å²) in [6.07, 6.45) is 0.0781. The van der Waals surface area contributed by atoms with Crippen LogP contribution in [0.3, 0.4) is 0 Å². The fourth-order valence-electron chi connectivity index (χ4n) is 2.31. The third kappa shape index (κ3) is 3.03. The molecular weight excluding hydrogens is 331 g/mol. The predicted octanol–water partition coefficient (Wildman–Crippen LogP) is 5.17. The molecule has 0 aliphatic heterocycles. The van der Waals surface area contributed by atoms with Crippen molar-refractivity contribution in [2.75, 3.05) is 0 Å². The van der Waals surface area contributed by atoms with Gasteiger partial charge in [0.2, 0.25) is 0 Å². The largest absolute Gasteiger partial charge is 0.294 e. The Morgan fingerprint density at radius 1 is 0.952 bits per heavy atom. The predicted molar refractivity (Wildman–Crippen MR) is 86.1 cm³/mol. The van der Waals surface area contributed by atoms with Crippen LogP contribution in [0.1, 0.15) is 15.9 Å². The quantitative estimate of drug-likeness (QED) is 0.600. The van der Waals surface area contributed by atoms with Crippen molar-refractivity contribution in [3.8, 4) is 0 Å². The first-order chi connectivity index (χ1) is 10.1. The summed E-state index contributed by atoms with van der Waals surface area (Å²) in [5.41, 5.74) is 1.03. The van der Waals surface area contributed by atoms with Crippen LogP contribution in [0.4, 0.5) is 4.39 Å². The molecule has 3 aromatic rings. The molecule has 0 aliphatic carbocycles. The first kappa shape index (κ1) is 14.0. The maximum Gasteiger partial charge on any atom is 0.167 e. The molecule has 3 aromatic carbocycles. The highest BCUT2D eigenvalue weighted by Gasteiger charge is 2.10. The fourth-order valence-corrected chi connectivity index (χ4v) is 2.69. The van der Waals surface area contributed by atoms with Crippen molar-refractivity contribution in [1.82, 2.24) is 0 Å². The average molecular weight is 343 g/mol. The molecule has 0 spiro atoms. The van der Waals surface area contributed by atoms with Crippen molar-refractivity contribution < 1.29 is 9.18 Å². The molecule has 21 heavy (non-hydrogen) atoms. The summed E-state index contributed by atoms with van der Waals surface area (Å²) in [6, 6.07) is 17.8. The van der Waals surface area contributed by atoms with Crippen LogP contribution in [0.25, 0.3) is 10.8 Å². The second-order valence-electron chi connectivity index (χ2n) is 4.90. The van der Waals surface area contributed by atoms with E-state index in [-0.39, 0.29) is 18.0 Å². The summed E-state index contributed by atoms with van der Waals surface area (Å²) in [5.74, 6) is -0.416. The van der Waals surface area contributed by atoms with Gasteiger partial charge in [0.25, 0.3) is 0 Å². The Morgan fingerprint density at radius 2 is 1.67 bits per heavy atom. The Labute approximate surface area is 130 Å². The number of hydrogen-bond donors (Lipinski definition) is 0. The molecule has 104 valence electrons. The molecule has 3 rings (SSSR count). The van der Waals surface area contributed by atoms with E-state index < -0.39 is 0 Å². The molecule has 0 fully saturated rings. The van der Waals surface area contributed by atoms with Crippen molar-refractivity contribution in [2.24, 2.45) is 0 Å². The zero-order valence-electron chi connectivity index (χ0n) is 11.1. The number of carbonyl (C=O) groups excluding carboxylic acids is 1. The first-order valence-corrected chi connectivity index (χ1v) is 7.39. The topological polar surface area (TPSA) is 17.1 Å². The number of carbonyl (C=O) groups is 1. The van der Waals surface area contributed by atoms with Crippen LogP contribution < -0.4 is 0 Å². The van der Waals surface area contributed by atoms with Crippen LogP contribution >= 0.6 is 15.9 Å². The van der Waals surface area contributed by atoms with Gasteiger partial charge in [-0.3, -0.25) is 4.79 Å². The summed E-state index contributed by atoms with van der Waals surface area (Å²) in [7, 11) is 0. The van der Waals surface area contributed by atoms with Gasteiger partial charge in [-0.15, -0.1) is 0 Å². The van der Waals surface area contributed by atoms with Crippen LogP contribution in [0.15, 0.2) is 65.1 Å². The van der Waals surface area contributed by atoms with Gasteiger partial charge < -0.3 is 0 Å². The summed E-state index contributed by atoms with van der Waals surface area (Å²) >= 11 is 3.42. The number of benzene rings is 3. The van der Waals surface area contributed by atoms with Crippen molar-refractivity contribution in [3.63, 3.8) is 0 Å². The Bertz CT molecular complexity index is 826. The summed E-state index contributed by atoms with van der Waals surface area (Å²) < 4.78 is 14.6. The van der Waals surface area contributed by atoms with Crippen molar-refractivity contribution in [2.45, 2.75) is 6.42 Å². The molecule has 0 saturated carbocycles. The lowest BCUT2D eigenvalue weighted by Gasteiger charge is -2.05. The van der Waals surface area contributed by atoms with E-state index in [1.165, 1.54) is 6.07 Å². The number of hydrogen-bond acceptors (Lipinski definition) is 1. The molecule has 0 N–H and O–H groups in total. The molecule has 3 heteroatoms. The van der Waals surface area contributed by atoms with Gasteiger partial charge in [-0.1, -0.05) is 52.3 Å². The van der Waals surface area contributed by atoms with Crippen LogP contribution in [0, 0.1) is 5.82 Å².